The van der Waals surface area contributed by atoms with Crippen LogP contribution in [0.2, 0.25) is 0 Å². The van der Waals surface area contributed by atoms with Crippen LogP contribution in [0.4, 0.5) is 5.69 Å². The Morgan fingerprint density at radius 2 is 1.65 bits per heavy atom. The molecule has 0 atom stereocenters. The van der Waals surface area contributed by atoms with Crippen LogP contribution < -0.4 is 5.32 Å². The third-order valence-electron chi connectivity index (χ3n) is 4.58. The third-order valence-corrected chi connectivity index (χ3v) is 4.58. The Labute approximate surface area is 152 Å². The van der Waals surface area contributed by atoms with E-state index in [2.05, 4.69) is 53.2 Å². The summed E-state index contributed by atoms with van der Waals surface area (Å²) in [6, 6.07) is 24.3. The summed E-state index contributed by atoms with van der Waals surface area (Å²) >= 11 is 0. The van der Waals surface area contributed by atoms with Crippen LogP contribution in [0.15, 0.2) is 78.9 Å². The van der Waals surface area contributed by atoms with Crippen molar-refractivity contribution in [2.24, 2.45) is 0 Å². The minimum atomic E-state index is -0.132. The number of aromatic nitrogens is 1. The van der Waals surface area contributed by atoms with E-state index in [1.54, 1.807) is 6.08 Å². The second-order valence-electron chi connectivity index (χ2n) is 6.23. The van der Waals surface area contributed by atoms with E-state index in [1.807, 2.05) is 42.5 Å². The van der Waals surface area contributed by atoms with E-state index < -0.39 is 0 Å². The molecule has 1 heterocycles. The summed E-state index contributed by atoms with van der Waals surface area (Å²) in [4.78, 5) is 12.2. The molecule has 0 saturated heterocycles. The predicted octanol–water partition coefficient (Wildman–Crippen LogP) is 5.47. The number of carbonyl (C=O) groups excluding carboxylic acids is 1. The van der Waals surface area contributed by atoms with E-state index in [-0.39, 0.29) is 5.91 Å². The Kier molecular flexibility index (Phi) is 4.28. The maximum Gasteiger partial charge on any atom is 0.248 e. The van der Waals surface area contributed by atoms with Crippen LogP contribution >= 0.6 is 0 Å². The molecule has 0 fully saturated rings. The highest BCUT2D eigenvalue weighted by Gasteiger charge is 2.10. The molecule has 4 aromatic rings. The summed E-state index contributed by atoms with van der Waals surface area (Å²) in [6.07, 6.45) is 3.38. The number of para-hydroxylation sites is 1. The molecule has 0 radical (unpaired) electrons. The van der Waals surface area contributed by atoms with Gasteiger partial charge in [-0.2, -0.15) is 0 Å². The molecule has 0 spiro atoms. The Morgan fingerprint density at radius 1 is 0.923 bits per heavy atom. The largest absolute Gasteiger partial charge is 0.341 e. The van der Waals surface area contributed by atoms with Gasteiger partial charge in [0.25, 0.3) is 0 Å². The number of benzene rings is 3. The molecule has 3 aromatic carbocycles. The van der Waals surface area contributed by atoms with Gasteiger partial charge in [0, 0.05) is 40.1 Å². The fourth-order valence-corrected chi connectivity index (χ4v) is 3.39. The van der Waals surface area contributed by atoms with Gasteiger partial charge < -0.3 is 9.88 Å². The van der Waals surface area contributed by atoms with Crippen LogP contribution in [0.1, 0.15) is 12.5 Å². The fourth-order valence-electron chi connectivity index (χ4n) is 3.39. The lowest BCUT2D eigenvalue weighted by atomic mass is 10.1. The molecule has 26 heavy (non-hydrogen) atoms. The molecule has 0 aliphatic heterocycles. The Bertz CT molecular complexity index is 1110. The van der Waals surface area contributed by atoms with Crippen molar-refractivity contribution >= 4 is 39.5 Å². The zero-order chi connectivity index (χ0) is 17.9. The van der Waals surface area contributed by atoms with Crippen molar-refractivity contribution in [1.82, 2.24) is 4.57 Å². The number of anilines is 1. The van der Waals surface area contributed by atoms with Crippen molar-refractivity contribution in [2.45, 2.75) is 13.5 Å². The standard InChI is InChI=1S/C23H20N2O/c1-2-25-21-11-7-6-10-19(21)20-16-18(13-14-22(20)25)24-23(26)15-12-17-8-4-3-5-9-17/h3-16H,2H2,1H3,(H,24,26)/b15-12+. The molecule has 0 aliphatic carbocycles. The number of hydrogen-bond donors (Lipinski definition) is 1. The van der Waals surface area contributed by atoms with Gasteiger partial charge in [0.15, 0.2) is 0 Å². The van der Waals surface area contributed by atoms with Crippen molar-refractivity contribution in [3.05, 3.63) is 84.4 Å². The Morgan fingerprint density at radius 3 is 2.46 bits per heavy atom. The molecule has 1 N–H and O–H groups in total. The number of aryl methyl sites for hydroxylation is 1. The van der Waals surface area contributed by atoms with Crippen LogP contribution in [-0.4, -0.2) is 10.5 Å². The highest BCUT2D eigenvalue weighted by atomic mass is 16.1. The predicted molar refractivity (Wildman–Crippen MR) is 109 cm³/mol. The summed E-state index contributed by atoms with van der Waals surface area (Å²) in [7, 11) is 0. The molecule has 0 bridgehead atoms. The average Bonchev–Trinajstić information content (AvgIpc) is 3.00. The summed E-state index contributed by atoms with van der Waals surface area (Å²) < 4.78 is 2.30. The molecule has 1 aromatic heterocycles. The SMILES string of the molecule is CCn1c2ccccc2c2cc(NC(=O)/C=C/c3ccccc3)ccc21. The lowest BCUT2D eigenvalue weighted by Crippen LogP contribution is -2.07. The summed E-state index contributed by atoms with van der Waals surface area (Å²) in [6.45, 7) is 3.06. The van der Waals surface area contributed by atoms with Gasteiger partial charge in [-0.3, -0.25) is 4.79 Å². The number of carbonyl (C=O) groups is 1. The smallest absolute Gasteiger partial charge is 0.248 e. The van der Waals surface area contributed by atoms with Gasteiger partial charge in [-0.1, -0.05) is 48.5 Å². The molecule has 128 valence electrons. The zero-order valence-electron chi connectivity index (χ0n) is 14.6. The van der Waals surface area contributed by atoms with Gasteiger partial charge in [0.05, 0.1) is 0 Å². The number of hydrogen-bond acceptors (Lipinski definition) is 1. The van der Waals surface area contributed by atoms with Crippen molar-refractivity contribution < 1.29 is 4.79 Å². The molecular weight excluding hydrogens is 320 g/mol. The van der Waals surface area contributed by atoms with Crippen molar-refractivity contribution in [3.63, 3.8) is 0 Å². The molecule has 1 amide bonds. The number of fused-ring (bicyclic) bond motifs is 3. The van der Waals surface area contributed by atoms with Crippen LogP contribution in [0.5, 0.6) is 0 Å². The second kappa shape index (κ2) is 6.89. The van der Waals surface area contributed by atoms with Crippen molar-refractivity contribution in [2.75, 3.05) is 5.32 Å². The van der Waals surface area contributed by atoms with Crippen LogP contribution in [0.25, 0.3) is 27.9 Å². The summed E-state index contributed by atoms with van der Waals surface area (Å²) in [5, 5.41) is 5.33. The normalized spacial score (nSPS) is 11.4. The number of rotatable bonds is 4. The summed E-state index contributed by atoms with van der Waals surface area (Å²) in [5.41, 5.74) is 4.22. The quantitative estimate of drug-likeness (QED) is 0.491. The molecule has 3 nitrogen and oxygen atoms in total. The Hall–Kier alpha value is -3.33. The highest BCUT2D eigenvalue weighted by molar-refractivity contribution is 6.10. The van der Waals surface area contributed by atoms with E-state index in [0.29, 0.717) is 0 Å². The first-order chi connectivity index (χ1) is 12.8. The summed E-state index contributed by atoms with van der Waals surface area (Å²) in [5.74, 6) is -0.132. The van der Waals surface area contributed by atoms with Gasteiger partial charge >= 0.3 is 0 Å². The van der Waals surface area contributed by atoms with Crippen LogP contribution in [-0.2, 0) is 11.3 Å². The molecule has 0 aliphatic rings. The highest BCUT2D eigenvalue weighted by Crippen LogP contribution is 2.30. The van der Waals surface area contributed by atoms with Crippen molar-refractivity contribution in [1.29, 1.82) is 0 Å². The number of nitrogens with one attached hydrogen (secondary N) is 1. The first kappa shape index (κ1) is 16.2. The lowest BCUT2D eigenvalue weighted by molar-refractivity contribution is -0.111. The minimum absolute atomic E-state index is 0.132. The molecule has 0 unspecified atom stereocenters. The lowest BCUT2D eigenvalue weighted by Gasteiger charge is -2.05. The van der Waals surface area contributed by atoms with Gasteiger partial charge in [-0.25, -0.2) is 0 Å². The first-order valence-electron chi connectivity index (χ1n) is 8.81. The third kappa shape index (κ3) is 3.00. The topological polar surface area (TPSA) is 34.0 Å². The van der Waals surface area contributed by atoms with Gasteiger partial charge in [0.2, 0.25) is 5.91 Å². The Balaban J connectivity index is 1.64. The first-order valence-corrected chi connectivity index (χ1v) is 8.81. The van der Waals surface area contributed by atoms with Crippen LogP contribution in [0, 0.1) is 0 Å². The maximum absolute atomic E-state index is 12.2. The van der Waals surface area contributed by atoms with Gasteiger partial charge in [-0.05, 0) is 42.8 Å². The van der Waals surface area contributed by atoms with Crippen molar-refractivity contribution in [3.8, 4) is 0 Å². The molecular formula is C23H20N2O. The van der Waals surface area contributed by atoms with E-state index in [0.717, 1.165) is 23.2 Å². The number of amides is 1. The monoisotopic (exact) mass is 340 g/mol. The molecule has 3 heteroatoms. The van der Waals surface area contributed by atoms with E-state index in [4.69, 9.17) is 0 Å². The molecule has 4 rings (SSSR count). The zero-order valence-corrected chi connectivity index (χ0v) is 14.6. The maximum atomic E-state index is 12.2. The number of nitrogens with zero attached hydrogens (tertiary/aromatic N) is 1. The average molecular weight is 340 g/mol. The minimum Gasteiger partial charge on any atom is -0.341 e. The van der Waals surface area contributed by atoms with Gasteiger partial charge in [-0.15, -0.1) is 0 Å². The van der Waals surface area contributed by atoms with E-state index in [9.17, 15) is 4.79 Å². The fraction of sp³-hybridized carbons (Fsp3) is 0.0870. The van der Waals surface area contributed by atoms with E-state index >= 15 is 0 Å². The van der Waals surface area contributed by atoms with E-state index in [1.165, 1.54) is 16.4 Å². The van der Waals surface area contributed by atoms with Gasteiger partial charge in [0.1, 0.15) is 0 Å². The molecule has 0 saturated carbocycles. The second-order valence-corrected chi connectivity index (χ2v) is 6.23. The van der Waals surface area contributed by atoms with Crippen LogP contribution in [0.3, 0.4) is 0 Å².